The van der Waals surface area contributed by atoms with Crippen LogP contribution >= 0.6 is 0 Å². The fraction of sp³-hybridized carbons (Fsp3) is 0.708. The van der Waals surface area contributed by atoms with Gasteiger partial charge in [0.2, 0.25) is 0 Å². The summed E-state index contributed by atoms with van der Waals surface area (Å²) in [5.74, 6) is -21.4. The van der Waals surface area contributed by atoms with E-state index in [-0.39, 0.29) is 0 Å². The number of piperidine rings is 1. The van der Waals surface area contributed by atoms with E-state index in [1.165, 1.54) is 0 Å². The van der Waals surface area contributed by atoms with Gasteiger partial charge in [0.15, 0.2) is 11.5 Å². The molecule has 0 radical (unpaired) electrons. The molecular weight excluding hydrogens is 380 g/mol. The Morgan fingerprint density at radius 2 is 2.23 bits per heavy atom. The summed E-state index contributed by atoms with van der Waals surface area (Å²) in [7, 11) is -3.01. The predicted molar refractivity (Wildman–Crippen MR) is 118 cm³/mol. The largest absolute Gasteiger partial charge is 0.493 e. The van der Waals surface area contributed by atoms with Gasteiger partial charge in [0, 0.05) is 65.5 Å². The van der Waals surface area contributed by atoms with Gasteiger partial charge in [-0.15, -0.1) is 0 Å². The first-order valence-corrected chi connectivity index (χ1v) is 7.84. The molecule has 3 unspecified atom stereocenters. The van der Waals surface area contributed by atoms with E-state index in [4.69, 9.17) is 55.6 Å². The third-order valence-electron chi connectivity index (χ3n) is 3.61. The summed E-state index contributed by atoms with van der Waals surface area (Å²) >= 11 is 0. The van der Waals surface area contributed by atoms with Gasteiger partial charge in [0.25, 0.3) is 0 Å². The summed E-state index contributed by atoms with van der Waals surface area (Å²) in [5, 5.41) is 0. The van der Waals surface area contributed by atoms with E-state index >= 15 is 0 Å². The summed E-state index contributed by atoms with van der Waals surface area (Å²) in [6.45, 7) is -28.3. The third-order valence-corrected chi connectivity index (χ3v) is 3.61. The molecule has 30 heavy (non-hydrogen) atoms. The number of ether oxygens (including phenoxy) is 3. The molecule has 2 N–H and O–H groups in total. The van der Waals surface area contributed by atoms with Crippen molar-refractivity contribution in [1.29, 1.82) is 0 Å². The number of nitrogens with two attached hydrogens (primary N) is 1. The number of hydrogen-bond acceptors (Lipinski definition) is 6. The summed E-state index contributed by atoms with van der Waals surface area (Å²) in [6.07, 6.45) is -20.5. The van der Waals surface area contributed by atoms with Crippen LogP contribution in [-0.2, 0) is 15.9 Å². The maximum Gasteiger partial charge on any atom is 0.323 e. The van der Waals surface area contributed by atoms with Crippen LogP contribution in [0.5, 0.6) is 11.5 Å². The van der Waals surface area contributed by atoms with Crippen molar-refractivity contribution < 1.29 is 64.2 Å². The normalized spacial score (nSPS) is 59.5. The summed E-state index contributed by atoms with van der Waals surface area (Å²) in [5.41, 5.74) is 1.84. The summed E-state index contributed by atoms with van der Waals surface area (Å²) in [6, 6.07) is -13.0. The molecule has 6 heteroatoms. The standard InChI is InChI=1S/C24H38N2O4/c1-14(2)9-17-13-26-8-7-16-10-21(28-5)22(29-6)11-18(16)19(26)12-20(17)30-24(27)23(25)15(3)4/h10-11,14-15,17,19-20,23H,7-9,12-13,25H2,1-6H3/t17?,19?,20?,23-/m0/s1/i1D3,2D3,3D3,4D3,5D3,7D2,8D2,9D2,10D,11D,12D2,13D2,14D,15D,17D,19D,20D,23D. The molecule has 1 aromatic carbocycles. The fourth-order valence-electron chi connectivity index (χ4n) is 2.30. The Labute approximate surface area is 227 Å². The van der Waals surface area contributed by atoms with Crippen molar-refractivity contribution in [1.82, 2.24) is 4.90 Å². The van der Waals surface area contributed by atoms with Crippen LogP contribution < -0.4 is 15.2 Å². The molecule has 1 saturated heterocycles. The van der Waals surface area contributed by atoms with Gasteiger partial charge in [-0.1, -0.05) is 27.4 Å². The highest BCUT2D eigenvalue weighted by Crippen LogP contribution is 2.44. The van der Waals surface area contributed by atoms with Crippen LogP contribution in [-0.4, -0.2) is 50.1 Å². The van der Waals surface area contributed by atoms with Crippen molar-refractivity contribution in [2.75, 3.05) is 27.1 Å². The number of benzene rings is 1. The molecule has 2 aliphatic heterocycles. The minimum atomic E-state index is -5.59. The highest BCUT2D eigenvalue weighted by Gasteiger charge is 2.41. The Morgan fingerprint density at radius 3 is 2.93 bits per heavy atom. The van der Waals surface area contributed by atoms with Gasteiger partial charge in [-0.2, -0.15) is 0 Å². The highest BCUT2D eigenvalue weighted by atomic mass is 16.5. The first kappa shape index (κ1) is 5.23. The number of esters is 1. The molecule has 6 nitrogen and oxygen atoms in total. The first-order chi connectivity index (χ1) is 27.1. The molecule has 3 rings (SSSR count). The van der Waals surface area contributed by atoms with Gasteiger partial charge >= 0.3 is 5.97 Å². The predicted octanol–water partition coefficient (Wildman–Crippen LogP) is 3.56. The molecule has 4 atom stereocenters. The van der Waals surface area contributed by atoms with Gasteiger partial charge in [-0.25, -0.2) is 0 Å². The number of rotatable bonds is 7. The number of fused-ring (bicyclic) bond motifs is 3. The zero-order chi connectivity index (χ0) is 50.7. The number of nitrogens with zero attached hydrogens (tertiary/aromatic N) is 1. The lowest BCUT2D eigenvalue weighted by molar-refractivity contribution is -0.160. The molecule has 1 aromatic rings. The van der Waals surface area contributed by atoms with Gasteiger partial charge in [-0.3, -0.25) is 9.69 Å². The average Bonchev–Trinajstić information content (AvgIpc) is 3.03. The monoisotopic (exact) mass is 451 g/mol. The van der Waals surface area contributed by atoms with Crippen LogP contribution in [0.25, 0.3) is 0 Å². The Bertz CT molecular complexity index is 1990. The molecule has 0 spiro atoms. The summed E-state index contributed by atoms with van der Waals surface area (Å²) in [4.78, 5) is 13.1. The topological polar surface area (TPSA) is 74.0 Å². The van der Waals surface area contributed by atoms with E-state index < -0.39 is 148 Å². The van der Waals surface area contributed by atoms with Crippen molar-refractivity contribution in [3.63, 3.8) is 0 Å². The molecular formula is C24H38N2O4. The maximum atomic E-state index is 14.2. The Hall–Kier alpha value is -1.79. The highest BCUT2D eigenvalue weighted by molar-refractivity contribution is 5.76. The number of carbonyl (C=O) groups excluding carboxylic acids is 1. The molecule has 168 valence electrons. The van der Waals surface area contributed by atoms with E-state index in [1.54, 1.807) is 0 Å². The molecule has 2 aliphatic rings. The lowest BCUT2D eigenvalue weighted by Gasteiger charge is -2.47. The van der Waals surface area contributed by atoms with Gasteiger partial charge < -0.3 is 19.9 Å². The number of methoxy groups -OCH3 is 2. The second kappa shape index (κ2) is 9.56. The maximum absolute atomic E-state index is 14.2. The lowest BCUT2D eigenvalue weighted by Crippen LogP contribution is -2.51. The van der Waals surface area contributed by atoms with Crippen molar-refractivity contribution in [2.45, 2.75) is 64.6 Å². The molecule has 0 aliphatic carbocycles. The van der Waals surface area contributed by atoms with Crippen LogP contribution in [0.2, 0.25) is 0 Å². The zero-order valence-electron chi connectivity index (χ0n) is 48.2. The molecule has 0 saturated carbocycles. The fourth-order valence-corrected chi connectivity index (χ4v) is 2.30. The molecule has 0 amide bonds. The molecule has 1 fully saturated rings. The smallest absolute Gasteiger partial charge is 0.323 e. The van der Waals surface area contributed by atoms with Crippen LogP contribution in [0.15, 0.2) is 12.1 Å². The van der Waals surface area contributed by atoms with E-state index in [9.17, 15) is 14.4 Å². The van der Waals surface area contributed by atoms with Crippen LogP contribution in [0.3, 0.4) is 0 Å². The van der Waals surface area contributed by atoms with Crippen LogP contribution in [0.4, 0.5) is 0 Å². The van der Waals surface area contributed by atoms with Crippen molar-refractivity contribution in [3.05, 3.63) is 23.2 Å². The second-order valence-electron chi connectivity index (χ2n) is 5.50. The minimum Gasteiger partial charge on any atom is -0.493 e. The van der Waals surface area contributed by atoms with Crippen molar-refractivity contribution >= 4 is 5.97 Å². The average molecular weight is 452 g/mol. The molecule has 0 aromatic heterocycles. The van der Waals surface area contributed by atoms with E-state index in [0.717, 1.165) is 0 Å². The quantitative estimate of drug-likeness (QED) is 0.639. The van der Waals surface area contributed by atoms with Gasteiger partial charge in [0.1, 0.15) is 12.1 Å². The van der Waals surface area contributed by atoms with E-state index in [1.807, 2.05) is 0 Å². The van der Waals surface area contributed by atoms with Gasteiger partial charge in [-0.05, 0) is 47.7 Å². The number of carbonyl (C=O) groups is 1. The SMILES string of the molecule is [2H]c1c(OC([2H])([2H])[2H])c(OC)c([2H])c2c1C([2H])([2H])C([2H])([2H])N1C([2H])([2H])C([2H])(C([2H])([2H])C([2H])(C([2H])([2H])[2H])C([2H])([2H])[2H])C([2H])(OC(=O)[C@@]([2H])(N)C([2H])(C([2H])([2H])[2H])C([2H])([2H])[2H])C([2H])([2H])C21[2H]. The minimum absolute atomic E-state index is 0.612. The Morgan fingerprint density at radius 1 is 1.43 bits per heavy atom. The third kappa shape index (κ3) is 4.75. The zero-order valence-corrected chi connectivity index (χ0v) is 15.2. The molecule has 2 heterocycles. The van der Waals surface area contributed by atoms with Crippen molar-refractivity contribution in [2.24, 2.45) is 23.4 Å². The molecule has 0 bridgehead atoms. The van der Waals surface area contributed by atoms with Crippen molar-refractivity contribution in [3.8, 4) is 11.5 Å². The van der Waals surface area contributed by atoms with Crippen LogP contribution in [0.1, 0.15) is 103 Å². The van der Waals surface area contributed by atoms with E-state index in [2.05, 4.69) is 0 Å². The first-order valence-electron chi connectivity index (χ1n) is 24.3. The Kier molecular flexibility index (Phi) is 1.67. The number of hydrogen-bond donors (Lipinski definition) is 1. The summed E-state index contributed by atoms with van der Waals surface area (Å²) < 4.78 is 293. The van der Waals surface area contributed by atoms with E-state index in [0.29, 0.717) is 7.11 Å². The van der Waals surface area contributed by atoms with Gasteiger partial charge in [0.05, 0.1) is 25.1 Å². The second-order valence-corrected chi connectivity index (χ2v) is 5.50. The van der Waals surface area contributed by atoms with Crippen LogP contribution in [0, 0.1) is 17.7 Å². The Balaban J connectivity index is 2.91. The lowest BCUT2D eigenvalue weighted by atomic mass is 9.79.